The van der Waals surface area contributed by atoms with E-state index in [0.29, 0.717) is 0 Å². The molecule has 1 unspecified atom stereocenters. The summed E-state index contributed by atoms with van der Waals surface area (Å²) in [7, 11) is 0. The lowest BCUT2D eigenvalue weighted by molar-refractivity contribution is -0.134. The molecule has 31 heavy (non-hydrogen) atoms. The SMILES string of the molecule is CC(C)C1N[C@@H]([C@H](O)[C@H](Cc2ccccc2)NC(=O)O)C(=O)N1[C@@H](C)c1ccccc1. The van der Waals surface area contributed by atoms with E-state index in [1.165, 1.54) is 0 Å². The van der Waals surface area contributed by atoms with Crippen LogP contribution in [0.2, 0.25) is 0 Å². The van der Waals surface area contributed by atoms with Gasteiger partial charge >= 0.3 is 6.09 Å². The molecule has 5 atom stereocenters. The monoisotopic (exact) mass is 425 g/mol. The number of benzene rings is 2. The molecule has 1 fully saturated rings. The van der Waals surface area contributed by atoms with Crippen LogP contribution in [0.25, 0.3) is 0 Å². The van der Waals surface area contributed by atoms with Gasteiger partial charge in [-0.2, -0.15) is 0 Å². The normalized spacial score (nSPS) is 21.7. The number of amides is 2. The Morgan fingerprint density at radius 3 is 2.19 bits per heavy atom. The Kier molecular flexibility index (Phi) is 7.30. The van der Waals surface area contributed by atoms with Gasteiger partial charge in [0.25, 0.3) is 0 Å². The first kappa shape index (κ1) is 22.8. The second kappa shape index (κ2) is 9.94. The lowest BCUT2D eigenvalue weighted by atomic mass is 9.96. The largest absolute Gasteiger partial charge is 0.465 e. The molecule has 2 aromatic carbocycles. The second-order valence-electron chi connectivity index (χ2n) is 8.40. The molecule has 1 heterocycles. The molecule has 2 amide bonds. The van der Waals surface area contributed by atoms with Crippen LogP contribution in [0.4, 0.5) is 4.79 Å². The highest BCUT2D eigenvalue weighted by atomic mass is 16.4. The molecule has 0 saturated carbocycles. The smallest absolute Gasteiger partial charge is 0.404 e. The number of carbonyl (C=O) groups excluding carboxylic acids is 1. The van der Waals surface area contributed by atoms with Gasteiger partial charge in [-0.1, -0.05) is 74.5 Å². The molecular weight excluding hydrogens is 394 g/mol. The van der Waals surface area contributed by atoms with Crippen molar-refractivity contribution in [2.24, 2.45) is 5.92 Å². The number of hydrogen-bond acceptors (Lipinski definition) is 4. The third-order valence-corrected chi connectivity index (χ3v) is 5.86. The summed E-state index contributed by atoms with van der Waals surface area (Å²) in [6, 6.07) is 17.1. The first-order chi connectivity index (χ1) is 14.8. The van der Waals surface area contributed by atoms with Crippen LogP contribution < -0.4 is 10.6 Å². The molecule has 0 aliphatic carbocycles. The number of hydrogen-bond donors (Lipinski definition) is 4. The topological polar surface area (TPSA) is 102 Å². The van der Waals surface area contributed by atoms with E-state index in [1.807, 2.05) is 81.4 Å². The van der Waals surface area contributed by atoms with Crippen molar-refractivity contribution in [3.8, 4) is 0 Å². The van der Waals surface area contributed by atoms with Gasteiger partial charge in [0.15, 0.2) is 0 Å². The summed E-state index contributed by atoms with van der Waals surface area (Å²) in [6.45, 7) is 6.00. The summed E-state index contributed by atoms with van der Waals surface area (Å²) in [5.41, 5.74) is 1.88. The van der Waals surface area contributed by atoms with Crippen LogP contribution >= 0.6 is 0 Å². The van der Waals surface area contributed by atoms with Crippen LogP contribution in [0.3, 0.4) is 0 Å². The number of aliphatic hydroxyl groups excluding tert-OH is 1. The molecule has 1 aliphatic rings. The average Bonchev–Trinajstić information content (AvgIpc) is 3.10. The highest BCUT2D eigenvalue weighted by molar-refractivity contribution is 5.85. The second-order valence-corrected chi connectivity index (χ2v) is 8.40. The van der Waals surface area contributed by atoms with E-state index in [4.69, 9.17) is 0 Å². The van der Waals surface area contributed by atoms with Crippen molar-refractivity contribution in [1.82, 2.24) is 15.5 Å². The standard InChI is InChI=1S/C24H31N3O4/c1-15(2)22-26-20(23(29)27(22)16(3)18-12-8-5-9-13-18)21(28)19(25-24(30)31)14-17-10-6-4-7-11-17/h4-13,15-16,19-22,25-26,28H,14H2,1-3H3,(H,30,31)/t16-,19-,20-,21+,22?/m0/s1. The molecule has 7 nitrogen and oxygen atoms in total. The van der Waals surface area contributed by atoms with Crippen molar-refractivity contribution in [2.45, 2.75) is 57.6 Å². The van der Waals surface area contributed by atoms with Gasteiger partial charge in [-0.3, -0.25) is 10.1 Å². The molecule has 3 rings (SSSR count). The van der Waals surface area contributed by atoms with E-state index in [0.717, 1.165) is 11.1 Å². The van der Waals surface area contributed by atoms with Crippen LogP contribution in [-0.2, 0) is 11.2 Å². The molecule has 1 saturated heterocycles. The van der Waals surface area contributed by atoms with Gasteiger partial charge in [0, 0.05) is 0 Å². The number of carbonyl (C=O) groups is 2. The lowest BCUT2D eigenvalue weighted by Crippen LogP contribution is -2.55. The van der Waals surface area contributed by atoms with Crippen molar-refractivity contribution in [2.75, 3.05) is 0 Å². The van der Waals surface area contributed by atoms with Crippen molar-refractivity contribution in [1.29, 1.82) is 0 Å². The van der Waals surface area contributed by atoms with E-state index in [9.17, 15) is 19.8 Å². The fourth-order valence-electron chi connectivity index (χ4n) is 4.23. The molecule has 2 aromatic rings. The molecule has 1 aliphatic heterocycles. The molecule has 7 heteroatoms. The summed E-state index contributed by atoms with van der Waals surface area (Å²) in [6.07, 6.45) is -2.46. The molecule has 0 bridgehead atoms. The average molecular weight is 426 g/mol. The Morgan fingerprint density at radius 2 is 1.65 bits per heavy atom. The predicted molar refractivity (Wildman–Crippen MR) is 118 cm³/mol. The van der Waals surface area contributed by atoms with Crippen LogP contribution in [-0.4, -0.2) is 51.5 Å². The van der Waals surface area contributed by atoms with Gasteiger partial charge < -0.3 is 20.4 Å². The van der Waals surface area contributed by atoms with Gasteiger partial charge in [0.05, 0.1) is 24.4 Å². The van der Waals surface area contributed by atoms with Gasteiger partial charge in [-0.15, -0.1) is 0 Å². The Labute approximate surface area is 183 Å². The fourth-order valence-corrected chi connectivity index (χ4v) is 4.23. The molecular formula is C24H31N3O4. The first-order valence-corrected chi connectivity index (χ1v) is 10.6. The van der Waals surface area contributed by atoms with Crippen LogP contribution in [0.1, 0.15) is 37.9 Å². The van der Waals surface area contributed by atoms with Crippen LogP contribution in [0.5, 0.6) is 0 Å². The number of carboxylic acid groups (broad SMARTS) is 1. The third kappa shape index (κ3) is 5.24. The van der Waals surface area contributed by atoms with Crippen LogP contribution in [0, 0.1) is 5.92 Å². The molecule has 166 valence electrons. The van der Waals surface area contributed by atoms with Gasteiger partial charge in [0.2, 0.25) is 5.91 Å². The van der Waals surface area contributed by atoms with Crippen molar-refractivity contribution in [3.63, 3.8) is 0 Å². The Morgan fingerprint density at radius 1 is 1.06 bits per heavy atom. The van der Waals surface area contributed by atoms with Crippen molar-refractivity contribution in [3.05, 3.63) is 71.8 Å². The zero-order valence-corrected chi connectivity index (χ0v) is 18.1. The van der Waals surface area contributed by atoms with E-state index >= 15 is 0 Å². The van der Waals surface area contributed by atoms with Gasteiger partial charge in [0.1, 0.15) is 6.04 Å². The molecule has 4 N–H and O–H groups in total. The van der Waals surface area contributed by atoms with Gasteiger partial charge in [-0.05, 0) is 30.4 Å². The minimum absolute atomic E-state index is 0.104. The lowest BCUT2D eigenvalue weighted by Gasteiger charge is -2.33. The van der Waals surface area contributed by atoms with E-state index in [-0.39, 0.29) is 30.5 Å². The predicted octanol–water partition coefficient (Wildman–Crippen LogP) is 2.77. The zero-order valence-electron chi connectivity index (χ0n) is 18.1. The Hall–Kier alpha value is -2.90. The maximum atomic E-state index is 13.4. The summed E-state index contributed by atoms with van der Waals surface area (Å²) in [5.74, 6) is -0.125. The van der Waals surface area contributed by atoms with Crippen molar-refractivity contribution < 1.29 is 19.8 Å². The first-order valence-electron chi connectivity index (χ1n) is 10.6. The van der Waals surface area contributed by atoms with E-state index < -0.39 is 24.3 Å². The highest BCUT2D eigenvalue weighted by Crippen LogP contribution is 2.30. The fraction of sp³-hybridized carbons (Fsp3) is 0.417. The number of nitrogens with zero attached hydrogens (tertiary/aromatic N) is 1. The number of nitrogens with one attached hydrogen (secondary N) is 2. The van der Waals surface area contributed by atoms with E-state index in [2.05, 4.69) is 10.6 Å². The maximum Gasteiger partial charge on any atom is 0.404 e. The Bertz CT molecular complexity index is 875. The molecule has 0 aromatic heterocycles. The zero-order chi connectivity index (χ0) is 22.5. The molecule has 0 spiro atoms. The summed E-state index contributed by atoms with van der Waals surface area (Å²) < 4.78 is 0. The van der Waals surface area contributed by atoms with Gasteiger partial charge in [-0.25, -0.2) is 4.79 Å². The quantitative estimate of drug-likeness (QED) is 0.521. The summed E-state index contributed by atoms with van der Waals surface area (Å²) in [4.78, 5) is 26.6. The maximum absolute atomic E-state index is 13.4. The minimum Gasteiger partial charge on any atom is -0.465 e. The minimum atomic E-state index is -1.24. The van der Waals surface area contributed by atoms with Crippen molar-refractivity contribution >= 4 is 12.0 Å². The number of aliphatic hydroxyl groups is 1. The summed E-state index contributed by atoms with van der Waals surface area (Å²) in [5, 5.41) is 26.1. The highest BCUT2D eigenvalue weighted by Gasteiger charge is 2.47. The molecule has 0 radical (unpaired) electrons. The third-order valence-electron chi connectivity index (χ3n) is 5.86. The van der Waals surface area contributed by atoms with Crippen LogP contribution in [0.15, 0.2) is 60.7 Å². The Balaban J connectivity index is 1.85. The van der Waals surface area contributed by atoms with E-state index in [1.54, 1.807) is 4.90 Å². The number of rotatable bonds is 8. The summed E-state index contributed by atoms with van der Waals surface area (Å²) >= 11 is 0.